The van der Waals surface area contributed by atoms with Crippen molar-refractivity contribution in [3.8, 4) is 11.4 Å². The molecule has 3 heterocycles. The van der Waals surface area contributed by atoms with Crippen molar-refractivity contribution in [1.29, 1.82) is 0 Å². The van der Waals surface area contributed by atoms with Gasteiger partial charge in [-0.1, -0.05) is 35.0 Å². The molecule has 1 N–H and O–H groups in total. The Balaban J connectivity index is 1.66. The summed E-state index contributed by atoms with van der Waals surface area (Å²) in [5, 5.41) is 12.3. The van der Waals surface area contributed by atoms with Crippen molar-refractivity contribution in [2.75, 3.05) is 11.1 Å². The number of rotatable bonds is 5. The summed E-state index contributed by atoms with van der Waals surface area (Å²) in [7, 11) is 1.84. The Bertz CT molecular complexity index is 947. The largest absolute Gasteiger partial charge is 0.309 e. The summed E-state index contributed by atoms with van der Waals surface area (Å²) in [6, 6.07) is 5.25. The Kier molecular flexibility index (Phi) is 5.75. The summed E-state index contributed by atoms with van der Waals surface area (Å²) >= 11 is 13.3. The highest BCUT2D eigenvalue weighted by molar-refractivity contribution is 7.99. The second kappa shape index (κ2) is 8.03. The van der Waals surface area contributed by atoms with Crippen molar-refractivity contribution in [2.24, 2.45) is 7.05 Å². The third kappa shape index (κ3) is 4.14. The fourth-order valence-corrected chi connectivity index (χ4v) is 3.25. The molecule has 0 bridgehead atoms. The van der Waals surface area contributed by atoms with E-state index in [1.165, 1.54) is 11.8 Å². The zero-order valence-corrected chi connectivity index (χ0v) is 16.2. The first kappa shape index (κ1) is 18.6. The molecule has 0 aliphatic heterocycles. The van der Waals surface area contributed by atoms with Gasteiger partial charge in [0.05, 0.1) is 21.5 Å². The van der Waals surface area contributed by atoms with Crippen molar-refractivity contribution in [3.05, 3.63) is 46.3 Å². The van der Waals surface area contributed by atoms with Crippen molar-refractivity contribution in [3.63, 3.8) is 0 Å². The van der Waals surface area contributed by atoms with Crippen LogP contribution in [-0.4, -0.2) is 36.4 Å². The summed E-state index contributed by atoms with van der Waals surface area (Å²) in [6.45, 7) is 1.74. The van der Waals surface area contributed by atoms with Gasteiger partial charge in [-0.3, -0.25) is 9.78 Å². The number of anilines is 1. The monoisotopic (exact) mass is 408 g/mol. The fraction of sp³-hybridized carbons (Fsp3) is 0.188. The normalized spacial score (nSPS) is 10.8. The van der Waals surface area contributed by atoms with Gasteiger partial charge in [0.25, 0.3) is 0 Å². The van der Waals surface area contributed by atoms with Crippen molar-refractivity contribution in [1.82, 2.24) is 24.7 Å². The zero-order valence-electron chi connectivity index (χ0n) is 13.9. The number of nitrogens with zero attached hydrogens (tertiary/aromatic N) is 5. The first-order chi connectivity index (χ1) is 12.5. The first-order valence-electron chi connectivity index (χ1n) is 7.51. The molecule has 0 spiro atoms. The maximum absolute atomic E-state index is 12.2. The van der Waals surface area contributed by atoms with Crippen LogP contribution in [0.3, 0.4) is 0 Å². The molecule has 3 aromatic rings. The van der Waals surface area contributed by atoms with E-state index < -0.39 is 0 Å². The highest BCUT2D eigenvalue weighted by atomic mass is 35.5. The molecule has 0 aliphatic carbocycles. The molecule has 26 heavy (non-hydrogen) atoms. The minimum Gasteiger partial charge on any atom is -0.309 e. The molecule has 134 valence electrons. The summed E-state index contributed by atoms with van der Waals surface area (Å²) in [5.74, 6) is 0.879. The van der Waals surface area contributed by atoms with Gasteiger partial charge in [-0.15, -0.1) is 10.2 Å². The lowest BCUT2D eigenvalue weighted by Crippen LogP contribution is -2.16. The molecular weight excluding hydrogens is 395 g/mol. The topological polar surface area (TPSA) is 85.6 Å². The first-order valence-corrected chi connectivity index (χ1v) is 9.25. The molecule has 10 heteroatoms. The quantitative estimate of drug-likeness (QED) is 0.648. The van der Waals surface area contributed by atoms with Crippen LogP contribution in [-0.2, 0) is 11.8 Å². The van der Waals surface area contributed by atoms with Crippen molar-refractivity contribution < 1.29 is 4.79 Å². The van der Waals surface area contributed by atoms with E-state index in [2.05, 4.69) is 25.5 Å². The third-order valence-corrected chi connectivity index (χ3v) is 5.16. The predicted octanol–water partition coefficient (Wildman–Crippen LogP) is 3.62. The molecule has 0 saturated heterocycles. The maximum atomic E-state index is 12.2. The lowest BCUT2D eigenvalue weighted by molar-refractivity contribution is -0.113. The number of aromatic nitrogens is 5. The van der Waals surface area contributed by atoms with Crippen LogP contribution in [0.25, 0.3) is 11.4 Å². The van der Waals surface area contributed by atoms with Crippen LogP contribution in [0.5, 0.6) is 0 Å². The van der Waals surface area contributed by atoms with Crippen molar-refractivity contribution in [2.45, 2.75) is 12.1 Å². The Morgan fingerprint density at radius 2 is 1.96 bits per heavy atom. The average molecular weight is 409 g/mol. The van der Waals surface area contributed by atoms with E-state index in [4.69, 9.17) is 23.2 Å². The van der Waals surface area contributed by atoms with E-state index in [0.29, 0.717) is 21.7 Å². The summed E-state index contributed by atoms with van der Waals surface area (Å²) < 4.78 is 1.82. The molecule has 3 rings (SSSR count). The standard InChI is InChI=1S/C16H14Cl2N6OS/c1-9-11(17)7-12(18)14(20-9)21-13(25)8-26-16-23-22-15(24(16)2)10-3-5-19-6-4-10/h3-7H,8H2,1-2H3,(H,20,21,25). The molecule has 7 nitrogen and oxygen atoms in total. The van der Waals surface area contributed by atoms with Gasteiger partial charge >= 0.3 is 0 Å². The number of amides is 1. The zero-order chi connectivity index (χ0) is 18.7. The lowest BCUT2D eigenvalue weighted by atomic mass is 10.2. The van der Waals surface area contributed by atoms with Crippen LogP contribution >= 0.6 is 35.0 Å². The second-order valence-electron chi connectivity index (χ2n) is 5.32. The molecule has 0 atom stereocenters. The highest BCUT2D eigenvalue weighted by Gasteiger charge is 2.14. The van der Waals surface area contributed by atoms with Crippen LogP contribution in [0.1, 0.15) is 5.69 Å². The number of carbonyl (C=O) groups excluding carboxylic acids is 1. The van der Waals surface area contributed by atoms with Gasteiger partial charge in [0, 0.05) is 25.0 Å². The van der Waals surface area contributed by atoms with Gasteiger partial charge in [-0.25, -0.2) is 4.98 Å². The number of hydrogen-bond donors (Lipinski definition) is 1. The molecule has 0 unspecified atom stereocenters. The minimum absolute atomic E-state index is 0.141. The molecule has 3 aromatic heterocycles. The number of nitrogens with one attached hydrogen (secondary N) is 1. The van der Waals surface area contributed by atoms with Crippen molar-refractivity contribution >= 4 is 46.7 Å². The number of aryl methyl sites for hydroxylation is 1. The number of halogens is 2. The third-order valence-electron chi connectivity index (χ3n) is 3.47. The van der Waals surface area contributed by atoms with Gasteiger partial charge in [-0.2, -0.15) is 0 Å². The molecule has 0 radical (unpaired) electrons. The number of thioether (sulfide) groups is 1. The van der Waals surface area contributed by atoms with Gasteiger partial charge in [-0.05, 0) is 25.1 Å². The molecule has 0 aliphatic rings. The number of carbonyl (C=O) groups is 1. The van der Waals surface area contributed by atoms with E-state index in [1.807, 2.05) is 23.7 Å². The Morgan fingerprint density at radius 1 is 1.23 bits per heavy atom. The summed E-state index contributed by atoms with van der Waals surface area (Å²) in [5.41, 5.74) is 1.49. The van der Waals surface area contributed by atoms with E-state index in [1.54, 1.807) is 25.4 Å². The molecule has 0 aromatic carbocycles. The van der Waals surface area contributed by atoms with Gasteiger partial charge < -0.3 is 9.88 Å². The highest BCUT2D eigenvalue weighted by Crippen LogP contribution is 2.26. The van der Waals surface area contributed by atoms with Gasteiger partial charge in [0.1, 0.15) is 0 Å². The number of pyridine rings is 2. The Hall–Kier alpha value is -2.16. The van der Waals surface area contributed by atoms with E-state index in [9.17, 15) is 4.79 Å². The van der Waals surface area contributed by atoms with E-state index >= 15 is 0 Å². The van der Waals surface area contributed by atoms with E-state index in [0.717, 1.165) is 5.56 Å². The van der Waals surface area contributed by atoms with Crippen LogP contribution in [0.4, 0.5) is 5.82 Å². The van der Waals surface area contributed by atoms with E-state index in [-0.39, 0.29) is 22.5 Å². The lowest BCUT2D eigenvalue weighted by Gasteiger charge is -2.08. The smallest absolute Gasteiger partial charge is 0.236 e. The summed E-state index contributed by atoms with van der Waals surface area (Å²) in [4.78, 5) is 20.4. The number of hydrogen-bond acceptors (Lipinski definition) is 6. The fourth-order valence-electron chi connectivity index (χ4n) is 2.14. The molecular formula is C16H14Cl2N6OS. The van der Waals surface area contributed by atoms with Gasteiger partial charge in [0.15, 0.2) is 16.8 Å². The van der Waals surface area contributed by atoms with Crippen LogP contribution in [0.2, 0.25) is 10.0 Å². The second-order valence-corrected chi connectivity index (χ2v) is 7.08. The minimum atomic E-state index is -0.250. The van der Waals surface area contributed by atoms with Gasteiger partial charge in [0.2, 0.25) is 5.91 Å². The van der Waals surface area contributed by atoms with Crippen LogP contribution in [0, 0.1) is 6.92 Å². The molecule has 0 fully saturated rings. The summed E-state index contributed by atoms with van der Waals surface area (Å²) in [6.07, 6.45) is 3.38. The SMILES string of the molecule is Cc1nc(NC(=O)CSc2nnc(-c3ccncc3)n2C)c(Cl)cc1Cl. The Labute approximate surface area is 164 Å². The molecule has 0 saturated carbocycles. The average Bonchev–Trinajstić information content (AvgIpc) is 2.99. The van der Waals surface area contributed by atoms with Crippen LogP contribution < -0.4 is 5.32 Å². The Morgan fingerprint density at radius 3 is 2.69 bits per heavy atom. The molecule has 1 amide bonds. The predicted molar refractivity (Wildman–Crippen MR) is 103 cm³/mol. The van der Waals surface area contributed by atoms with Crippen LogP contribution in [0.15, 0.2) is 35.7 Å². The maximum Gasteiger partial charge on any atom is 0.236 e.